The summed E-state index contributed by atoms with van der Waals surface area (Å²) in [5.74, 6) is 1.21. The number of ether oxygens (including phenoxy) is 1. The van der Waals surface area contributed by atoms with Gasteiger partial charge < -0.3 is 4.74 Å². The van der Waals surface area contributed by atoms with Crippen LogP contribution >= 0.6 is 0 Å². The Bertz CT molecular complexity index is 458. The van der Waals surface area contributed by atoms with E-state index in [1.54, 1.807) is 0 Å². The van der Waals surface area contributed by atoms with Crippen LogP contribution in [0.2, 0.25) is 0 Å². The van der Waals surface area contributed by atoms with Crippen LogP contribution in [-0.2, 0) is 9.53 Å². The monoisotopic (exact) mass is 288 g/mol. The molecule has 0 amide bonds. The molecule has 0 bridgehead atoms. The molecule has 0 saturated carbocycles. The number of esters is 1. The van der Waals surface area contributed by atoms with Crippen LogP contribution in [0, 0.1) is 23.7 Å². The van der Waals surface area contributed by atoms with Gasteiger partial charge in [0.05, 0.1) is 5.92 Å². The van der Waals surface area contributed by atoms with Crippen molar-refractivity contribution in [2.45, 2.75) is 53.1 Å². The Labute approximate surface area is 129 Å². The third-order valence-electron chi connectivity index (χ3n) is 4.93. The average Bonchev–Trinajstić information content (AvgIpc) is 2.49. The molecule has 0 radical (unpaired) electrons. The Morgan fingerprint density at radius 1 is 1.52 bits per heavy atom. The van der Waals surface area contributed by atoms with Crippen molar-refractivity contribution in [1.82, 2.24) is 0 Å². The molecule has 0 N–H and O–H groups in total. The minimum Gasteiger partial charge on any atom is -0.461 e. The number of fused-ring (bicyclic) bond motifs is 1. The van der Waals surface area contributed by atoms with Gasteiger partial charge in [-0.25, -0.2) is 0 Å². The van der Waals surface area contributed by atoms with Gasteiger partial charge in [-0.1, -0.05) is 51.2 Å². The molecular weight excluding hydrogens is 260 g/mol. The molecule has 1 unspecified atom stereocenters. The zero-order chi connectivity index (χ0) is 15.4. The molecule has 116 valence electrons. The molecule has 2 aliphatic rings. The molecule has 2 rings (SSSR count). The average molecular weight is 288 g/mol. The lowest BCUT2D eigenvalue weighted by Crippen LogP contribution is -2.39. The SMILES string of the molecule is C/C=C/[C@@H]1[C@@H]2C(=CCC[C@@H]2OC(=O)C(C)CC)C=C[C@@H]1C. The second kappa shape index (κ2) is 7.11. The van der Waals surface area contributed by atoms with E-state index in [1.165, 1.54) is 5.57 Å². The fourth-order valence-electron chi connectivity index (χ4n) is 3.39. The first-order valence-corrected chi connectivity index (χ1v) is 8.30. The third kappa shape index (κ3) is 3.48. The Balaban J connectivity index is 2.21. The molecule has 2 nitrogen and oxygen atoms in total. The maximum absolute atomic E-state index is 12.2. The first-order chi connectivity index (χ1) is 10.1. The van der Waals surface area contributed by atoms with Gasteiger partial charge in [-0.3, -0.25) is 4.79 Å². The first kappa shape index (κ1) is 16.1. The van der Waals surface area contributed by atoms with E-state index in [2.05, 4.69) is 44.2 Å². The summed E-state index contributed by atoms with van der Waals surface area (Å²) in [6.45, 7) is 8.30. The number of carbonyl (C=O) groups excluding carboxylic acids is 1. The molecule has 0 aromatic rings. The Morgan fingerprint density at radius 3 is 2.95 bits per heavy atom. The first-order valence-electron chi connectivity index (χ1n) is 8.30. The van der Waals surface area contributed by atoms with E-state index in [4.69, 9.17) is 4.74 Å². The molecule has 0 spiro atoms. The largest absolute Gasteiger partial charge is 0.461 e. The maximum atomic E-state index is 12.2. The van der Waals surface area contributed by atoms with Crippen molar-refractivity contribution >= 4 is 5.97 Å². The van der Waals surface area contributed by atoms with E-state index < -0.39 is 0 Å². The lowest BCUT2D eigenvalue weighted by molar-refractivity contribution is -0.157. The predicted molar refractivity (Wildman–Crippen MR) is 86.8 cm³/mol. The van der Waals surface area contributed by atoms with Gasteiger partial charge in [-0.05, 0) is 43.6 Å². The van der Waals surface area contributed by atoms with Crippen LogP contribution in [0.15, 0.2) is 36.0 Å². The standard InChI is InChI=1S/C19H28O2/c1-5-8-16-14(4)11-12-15-9-7-10-17(18(15)16)21-19(20)13(3)6-2/h5,8-9,11-14,16-18H,6-7,10H2,1-4H3/b8-5+/t13?,14-,16-,17-,18-/m0/s1. The van der Waals surface area contributed by atoms with Crippen molar-refractivity contribution < 1.29 is 9.53 Å². The van der Waals surface area contributed by atoms with Crippen LogP contribution in [0.1, 0.15) is 47.0 Å². The van der Waals surface area contributed by atoms with Crippen LogP contribution < -0.4 is 0 Å². The fraction of sp³-hybridized carbons (Fsp3) is 0.632. The Hall–Kier alpha value is -1.31. The molecule has 2 heteroatoms. The topological polar surface area (TPSA) is 26.3 Å². The number of hydrogen-bond donors (Lipinski definition) is 0. The van der Waals surface area contributed by atoms with E-state index in [9.17, 15) is 4.79 Å². The highest BCUT2D eigenvalue weighted by Gasteiger charge is 2.39. The summed E-state index contributed by atoms with van der Waals surface area (Å²) in [6, 6.07) is 0. The quantitative estimate of drug-likeness (QED) is 0.554. The fourth-order valence-corrected chi connectivity index (χ4v) is 3.39. The lowest BCUT2D eigenvalue weighted by atomic mass is 9.68. The zero-order valence-electron chi connectivity index (χ0n) is 13.7. The Kier molecular flexibility index (Phi) is 5.44. The molecule has 0 saturated heterocycles. The summed E-state index contributed by atoms with van der Waals surface area (Å²) < 4.78 is 5.89. The highest BCUT2D eigenvalue weighted by atomic mass is 16.5. The Morgan fingerprint density at radius 2 is 2.29 bits per heavy atom. The minimum atomic E-state index is -0.0369. The van der Waals surface area contributed by atoms with Gasteiger partial charge in [0.15, 0.2) is 0 Å². The summed E-state index contributed by atoms with van der Waals surface area (Å²) in [5.41, 5.74) is 1.35. The van der Waals surface area contributed by atoms with Crippen molar-refractivity contribution in [1.29, 1.82) is 0 Å². The van der Waals surface area contributed by atoms with Crippen LogP contribution in [0.3, 0.4) is 0 Å². The van der Waals surface area contributed by atoms with Gasteiger partial charge in [-0.2, -0.15) is 0 Å². The normalized spacial score (nSPS) is 33.4. The van der Waals surface area contributed by atoms with Crippen LogP contribution in [-0.4, -0.2) is 12.1 Å². The van der Waals surface area contributed by atoms with Gasteiger partial charge in [0, 0.05) is 5.92 Å². The van der Waals surface area contributed by atoms with E-state index in [0.717, 1.165) is 19.3 Å². The number of carbonyl (C=O) groups is 1. The molecule has 0 heterocycles. The van der Waals surface area contributed by atoms with Gasteiger partial charge in [0.25, 0.3) is 0 Å². The summed E-state index contributed by atoms with van der Waals surface area (Å²) in [5, 5.41) is 0. The van der Waals surface area contributed by atoms with Crippen LogP contribution in [0.5, 0.6) is 0 Å². The van der Waals surface area contributed by atoms with Gasteiger partial charge in [0.1, 0.15) is 6.10 Å². The van der Waals surface area contributed by atoms with E-state index in [-0.39, 0.29) is 18.0 Å². The molecular formula is C19H28O2. The number of hydrogen-bond acceptors (Lipinski definition) is 2. The zero-order valence-corrected chi connectivity index (χ0v) is 13.7. The van der Waals surface area contributed by atoms with Crippen molar-refractivity contribution in [3.05, 3.63) is 36.0 Å². The lowest BCUT2D eigenvalue weighted by Gasteiger charge is -2.40. The van der Waals surface area contributed by atoms with Gasteiger partial charge in [-0.15, -0.1) is 0 Å². The summed E-state index contributed by atoms with van der Waals surface area (Å²) in [6.07, 6.45) is 14.1. The maximum Gasteiger partial charge on any atom is 0.308 e. The van der Waals surface area contributed by atoms with Crippen molar-refractivity contribution in [2.75, 3.05) is 0 Å². The highest BCUT2D eigenvalue weighted by Crippen LogP contribution is 2.42. The number of rotatable bonds is 4. The van der Waals surface area contributed by atoms with Crippen molar-refractivity contribution in [3.63, 3.8) is 0 Å². The summed E-state index contributed by atoms with van der Waals surface area (Å²) in [7, 11) is 0. The van der Waals surface area contributed by atoms with Gasteiger partial charge in [0.2, 0.25) is 0 Å². The molecule has 0 aromatic carbocycles. The van der Waals surface area contributed by atoms with Crippen LogP contribution in [0.4, 0.5) is 0 Å². The van der Waals surface area contributed by atoms with E-state index in [1.807, 2.05) is 13.8 Å². The van der Waals surface area contributed by atoms with Crippen molar-refractivity contribution in [3.8, 4) is 0 Å². The molecule has 0 aliphatic heterocycles. The second-order valence-corrected chi connectivity index (χ2v) is 6.41. The molecule has 0 fully saturated rings. The predicted octanol–water partition coefficient (Wildman–Crippen LogP) is 4.68. The van der Waals surface area contributed by atoms with E-state index in [0.29, 0.717) is 17.8 Å². The molecule has 0 aromatic heterocycles. The molecule has 5 atom stereocenters. The van der Waals surface area contributed by atoms with Gasteiger partial charge >= 0.3 is 5.97 Å². The number of allylic oxidation sites excluding steroid dienone is 5. The minimum absolute atomic E-state index is 0.00363. The smallest absolute Gasteiger partial charge is 0.308 e. The van der Waals surface area contributed by atoms with E-state index >= 15 is 0 Å². The molecule has 21 heavy (non-hydrogen) atoms. The summed E-state index contributed by atoms with van der Waals surface area (Å²) >= 11 is 0. The molecule has 2 aliphatic carbocycles. The highest BCUT2D eigenvalue weighted by molar-refractivity contribution is 5.72. The summed E-state index contributed by atoms with van der Waals surface area (Å²) in [4.78, 5) is 12.2. The second-order valence-electron chi connectivity index (χ2n) is 6.41. The van der Waals surface area contributed by atoms with Crippen LogP contribution in [0.25, 0.3) is 0 Å². The van der Waals surface area contributed by atoms with Crippen molar-refractivity contribution in [2.24, 2.45) is 23.7 Å². The third-order valence-corrected chi connectivity index (χ3v) is 4.93.